The first-order valence-corrected chi connectivity index (χ1v) is 6.91. The Bertz CT molecular complexity index is 240. The van der Waals surface area contributed by atoms with Crippen LogP contribution in [0.5, 0.6) is 0 Å². The first kappa shape index (κ1) is 16.3. The summed E-state index contributed by atoms with van der Waals surface area (Å²) >= 11 is 0. The van der Waals surface area contributed by atoms with Gasteiger partial charge in [-0.3, -0.25) is 0 Å². The molecular formula is C14H30N3+. The van der Waals surface area contributed by atoms with Crippen molar-refractivity contribution in [3.05, 3.63) is 0 Å². The second-order valence-electron chi connectivity index (χ2n) is 5.49. The van der Waals surface area contributed by atoms with Crippen molar-refractivity contribution >= 4 is 6.01 Å². The van der Waals surface area contributed by atoms with E-state index in [1.165, 1.54) is 25.9 Å². The van der Waals surface area contributed by atoms with Gasteiger partial charge in [-0.05, 0) is 19.3 Å². The fourth-order valence-corrected chi connectivity index (χ4v) is 1.63. The number of nitrogens with zero attached hydrogens (tertiary/aromatic N) is 3. The van der Waals surface area contributed by atoms with Crippen molar-refractivity contribution in [2.45, 2.75) is 40.0 Å². The molecule has 0 aliphatic carbocycles. The van der Waals surface area contributed by atoms with Gasteiger partial charge in [0.25, 0.3) is 0 Å². The summed E-state index contributed by atoms with van der Waals surface area (Å²) in [5.74, 6) is 0.849. The predicted octanol–water partition coefficient (Wildman–Crippen LogP) is 3.08. The Labute approximate surface area is 107 Å². The topological polar surface area (TPSA) is 24.7 Å². The minimum atomic E-state index is 0.778. The Morgan fingerprint density at radius 2 is 1.82 bits per heavy atom. The van der Waals surface area contributed by atoms with E-state index in [2.05, 4.69) is 43.9 Å². The quantitative estimate of drug-likeness (QED) is 0.336. The average molecular weight is 240 g/mol. The van der Waals surface area contributed by atoms with Crippen molar-refractivity contribution in [1.29, 1.82) is 0 Å². The zero-order chi connectivity index (χ0) is 13.1. The molecule has 0 aromatic heterocycles. The lowest BCUT2D eigenvalue weighted by molar-refractivity contribution is -0.890. The molecule has 1 unspecified atom stereocenters. The van der Waals surface area contributed by atoms with Gasteiger partial charge in [-0.15, -0.1) is 0 Å². The number of quaternary nitrogens is 1. The first-order chi connectivity index (χ1) is 8.02. The minimum Gasteiger partial charge on any atom is -0.328 e. The van der Waals surface area contributed by atoms with Gasteiger partial charge in [0.1, 0.15) is 0 Å². The van der Waals surface area contributed by atoms with Crippen molar-refractivity contribution in [2.24, 2.45) is 15.9 Å². The summed E-state index contributed by atoms with van der Waals surface area (Å²) in [6.07, 6.45) is 3.74. The third-order valence-electron chi connectivity index (χ3n) is 3.26. The van der Waals surface area contributed by atoms with Gasteiger partial charge in [0.05, 0.1) is 39.7 Å². The largest absolute Gasteiger partial charge is 0.328 e. The third kappa shape index (κ3) is 10.2. The van der Waals surface area contributed by atoms with Crippen LogP contribution in [-0.2, 0) is 0 Å². The highest BCUT2D eigenvalue weighted by atomic mass is 15.3. The molecule has 0 aliphatic heterocycles. The van der Waals surface area contributed by atoms with Crippen LogP contribution in [0.25, 0.3) is 0 Å². The van der Waals surface area contributed by atoms with Gasteiger partial charge in [-0.1, -0.05) is 20.3 Å². The van der Waals surface area contributed by atoms with E-state index in [1.807, 2.05) is 6.92 Å². The first-order valence-electron chi connectivity index (χ1n) is 6.91. The van der Waals surface area contributed by atoms with Crippen LogP contribution in [0.2, 0.25) is 0 Å². The zero-order valence-electron chi connectivity index (χ0n) is 12.4. The number of rotatable bonds is 9. The summed E-state index contributed by atoms with van der Waals surface area (Å²) in [5.41, 5.74) is 0. The highest BCUT2D eigenvalue weighted by molar-refractivity contribution is 5.40. The van der Waals surface area contributed by atoms with Crippen LogP contribution < -0.4 is 0 Å². The maximum atomic E-state index is 4.15. The summed E-state index contributed by atoms with van der Waals surface area (Å²) < 4.78 is 1.10. The summed E-state index contributed by atoms with van der Waals surface area (Å²) in [6.45, 7) is 10.7. The molecule has 0 saturated carbocycles. The van der Waals surface area contributed by atoms with Gasteiger partial charge in [0.15, 0.2) is 0 Å². The van der Waals surface area contributed by atoms with Crippen molar-refractivity contribution in [1.82, 2.24) is 0 Å². The van der Waals surface area contributed by atoms with Crippen LogP contribution in [0, 0.1) is 5.92 Å². The van der Waals surface area contributed by atoms with Gasteiger partial charge >= 0.3 is 0 Å². The highest BCUT2D eigenvalue weighted by Crippen LogP contribution is 2.10. The monoisotopic (exact) mass is 240 g/mol. The van der Waals surface area contributed by atoms with E-state index in [4.69, 9.17) is 0 Å². The molecule has 3 heteroatoms. The molecule has 0 spiro atoms. The van der Waals surface area contributed by atoms with Crippen LogP contribution in [0.3, 0.4) is 0 Å². The maximum Gasteiger partial charge on any atom is 0.0892 e. The molecule has 0 fully saturated rings. The lowest BCUT2D eigenvalue weighted by Crippen LogP contribution is -2.42. The molecule has 100 valence electrons. The van der Waals surface area contributed by atoms with Crippen LogP contribution in [-0.4, -0.2) is 50.8 Å². The standard InChI is InChI=1S/C14H30N3/c1-6-14(3)9-12-17(4,5)11-8-10-16-13-15-7-2/h14H,6-12H2,1-5H3/q+1. The molecule has 0 amide bonds. The lowest BCUT2D eigenvalue weighted by Gasteiger charge is -2.30. The highest BCUT2D eigenvalue weighted by Gasteiger charge is 2.15. The van der Waals surface area contributed by atoms with Gasteiger partial charge < -0.3 is 4.48 Å². The van der Waals surface area contributed by atoms with Crippen molar-refractivity contribution in [3.8, 4) is 0 Å². The Morgan fingerprint density at radius 1 is 1.12 bits per heavy atom. The SMILES string of the molecule is CCN=C=NCCC[N+](C)(C)CCC(C)CC. The smallest absolute Gasteiger partial charge is 0.0892 e. The Balaban J connectivity index is 3.74. The van der Waals surface area contributed by atoms with Gasteiger partial charge in [-0.2, -0.15) is 0 Å². The van der Waals surface area contributed by atoms with E-state index in [-0.39, 0.29) is 0 Å². The van der Waals surface area contributed by atoms with Gasteiger partial charge in [0, 0.05) is 13.0 Å². The molecule has 0 saturated heterocycles. The normalized spacial score (nSPS) is 13.0. The maximum absolute atomic E-state index is 4.15. The summed E-state index contributed by atoms with van der Waals surface area (Å²) in [5, 5.41) is 0. The Morgan fingerprint density at radius 3 is 2.41 bits per heavy atom. The minimum absolute atomic E-state index is 0.778. The van der Waals surface area contributed by atoms with Crippen molar-refractivity contribution in [2.75, 3.05) is 40.3 Å². The Kier molecular flexibility index (Phi) is 9.01. The molecule has 0 aromatic carbocycles. The van der Waals surface area contributed by atoms with Crippen LogP contribution >= 0.6 is 0 Å². The van der Waals surface area contributed by atoms with Gasteiger partial charge in [-0.25, -0.2) is 9.98 Å². The van der Waals surface area contributed by atoms with E-state index >= 15 is 0 Å². The summed E-state index contributed by atoms with van der Waals surface area (Å²) in [4.78, 5) is 8.10. The van der Waals surface area contributed by atoms with E-state index in [1.54, 1.807) is 0 Å². The molecule has 0 rings (SSSR count). The second-order valence-corrected chi connectivity index (χ2v) is 5.49. The van der Waals surface area contributed by atoms with Gasteiger partial charge in [0.2, 0.25) is 0 Å². The molecule has 1 atom stereocenters. The molecule has 0 radical (unpaired) electrons. The molecule has 0 aromatic rings. The average Bonchev–Trinajstić information content (AvgIpc) is 2.30. The van der Waals surface area contributed by atoms with Crippen LogP contribution in [0.1, 0.15) is 40.0 Å². The lowest BCUT2D eigenvalue weighted by atomic mass is 10.0. The summed E-state index contributed by atoms with van der Waals surface area (Å²) in [7, 11) is 4.62. The van der Waals surface area contributed by atoms with E-state index in [0.717, 1.165) is 29.9 Å². The van der Waals surface area contributed by atoms with Crippen LogP contribution in [0.15, 0.2) is 9.98 Å². The predicted molar refractivity (Wildman–Crippen MR) is 75.8 cm³/mol. The van der Waals surface area contributed by atoms with Crippen LogP contribution in [0.4, 0.5) is 0 Å². The Hall–Kier alpha value is -0.660. The number of hydrogen-bond acceptors (Lipinski definition) is 2. The van der Waals surface area contributed by atoms with Crippen molar-refractivity contribution in [3.63, 3.8) is 0 Å². The van der Waals surface area contributed by atoms with E-state index < -0.39 is 0 Å². The van der Waals surface area contributed by atoms with Crippen molar-refractivity contribution < 1.29 is 4.48 Å². The van der Waals surface area contributed by atoms with E-state index in [9.17, 15) is 0 Å². The fraction of sp³-hybridized carbons (Fsp3) is 0.929. The molecule has 0 N–H and O–H groups in total. The molecule has 0 heterocycles. The van der Waals surface area contributed by atoms with E-state index in [0.29, 0.717) is 0 Å². The molecule has 3 nitrogen and oxygen atoms in total. The second kappa shape index (κ2) is 9.38. The number of aliphatic imine (C=N–C) groups is 2. The molecule has 0 bridgehead atoms. The molecular weight excluding hydrogens is 210 g/mol. The fourth-order valence-electron chi connectivity index (χ4n) is 1.63. The molecule has 0 aliphatic rings. The molecule has 17 heavy (non-hydrogen) atoms. The third-order valence-corrected chi connectivity index (χ3v) is 3.26. The number of hydrogen-bond donors (Lipinski definition) is 0. The zero-order valence-corrected chi connectivity index (χ0v) is 12.4. The summed E-state index contributed by atoms with van der Waals surface area (Å²) in [6, 6.07) is 2.72.